The Bertz CT molecular complexity index is 1340. The van der Waals surface area contributed by atoms with Gasteiger partial charge in [0.15, 0.2) is 0 Å². The standard InChI is InChI=1S/C30H30FN3O/c1-21-28(33-30(35)26-13-11-24(18-27(26)31)23-9-5-4-6-10-23)14-12-25-17-22(19-32-29(21)25)20-34-15-7-2-3-8-16-34/h4-6,9-14,17-19H,2-3,7-8,15-16,20H2,1H3,(H,33,35). The average Bonchev–Trinajstić information content (AvgIpc) is 3.15. The summed E-state index contributed by atoms with van der Waals surface area (Å²) in [7, 11) is 0. The van der Waals surface area contributed by atoms with Gasteiger partial charge in [-0.3, -0.25) is 14.7 Å². The maximum Gasteiger partial charge on any atom is 0.258 e. The fraction of sp³-hybridized carbons (Fsp3) is 0.267. The Morgan fingerprint density at radius 1 is 0.943 bits per heavy atom. The molecule has 1 aliphatic heterocycles. The Labute approximate surface area is 205 Å². The second-order valence-electron chi connectivity index (χ2n) is 9.36. The quantitative estimate of drug-likeness (QED) is 0.344. The largest absolute Gasteiger partial charge is 0.322 e. The monoisotopic (exact) mass is 467 g/mol. The number of carbonyl (C=O) groups is 1. The molecule has 1 amide bonds. The van der Waals surface area contributed by atoms with Crippen molar-refractivity contribution in [1.82, 2.24) is 9.88 Å². The summed E-state index contributed by atoms with van der Waals surface area (Å²) in [5.74, 6) is -1.01. The number of carbonyl (C=O) groups excluding carboxylic acids is 1. The smallest absolute Gasteiger partial charge is 0.258 e. The summed E-state index contributed by atoms with van der Waals surface area (Å²) in [5.41, 5.74) is 5.23. The minimum Gasteiger partial charge on any atom is -0.322 e. The third-order valence-electron chi connectivity index (χ3n) is 6.84. The van der Waals surface area contributed by atoms with Crippen LogP contribution in [0.3, 0.4) is 0 Å². The Kier molecular flexibility index (Phi) is 6.87. The predicted molar refractivity (Wildman–Crippen MR) is 140 cm³/mol. The highest BCUT2D eigenvalue weighted by atomic mass is 19.1. The van der Waals surface area contributed by atoms with Crippen LogP contribution in [0.2, 0.25) is 0 Å². The van der Waals surface area contributed by atoms with E-state index in [4.69, 9.17) is 4.98 Å². The molecule has 0 radical (unpaired) electrons. The summed E-state index contributed by atoms with van der Waals surface area (Å²) in [4.78, 5) is 20.1. The van der Waals surface area contributed by atoms with Crippen molar-refractivity contribution in [3.05, 3.63) is 95.4 Å². The van der Waals surface area contributed by atoms with Gasteiger partial charge in [0.2, 0.25) is 0 Å². The zero-order chi connectivity index (χ0) is 24.2. The lowest BCUT2D eigenvalue weighted by Gasteiger charge is -2.20. The molecule has 4 nitrogen and oxygen atoms in total. The molecule has 5 rings (SSSR count). The molecule has 0 unspecified atom stereocenters. The molecule has 1 aromatic heterocycles. The number of benzene rings is 3. The molecule has 0 atom stereocenters. The van der Waals surface area contributed by atoms with Gasteiger partial charge in [-0.25, -0.2) is 4.39 Å². The van der Waals surface area contributed by atoms with E-state index in [2.05, 4.69) is 16.3 Å². The van der Waals surface area contributed by atoms with E-state index >= 15 is 0 Å². The van der Waals surface area contributed by atoms with Crippen molar-refractivity contribution in [3.63, 3.8) is 0 Å². The first kappa shape index (κ1) is 23.2. The molecule has 0 saturated carbocycles. The van der Waals surface area contributed by atoms with E-state index in [1.54, 1.807) is 6.07 Å². The molecule has 3 aromatic carbocycles. The van der Waals surface area contributed by atoms with Crippen molar-refractivity contribution in [1.29, 1.82) is 0 Å². The van der Waals surface area contributed by atoms with Gasteiger partial charge in [0.25, 0.3) is 5.91 Å². The van der Waals surface area contributed by atoms with Crippen molar-refractivity contribution >= 4 is 22.5 Å². The summed E-state index contributed by atoms with van der Waals surface area (Å²) >= 11 is 0. The van der Waals surface area contributed by atoms with Crippen LogP contribution in [-0.4, -0.2) is 28.9 Å². The number of anilines is 1. The highest BCUT2D eigenvalue weighted by Crippen LogP contribution is 2.27. The fourth-order valence-electron chi connectivity index (χ4n) is 4.87. The number of pyridine rings is 1. The lowest BCUT2D eigenvalue weighted by Crippen LogP contribution is -2.24. The highest BCUT2D eigenvalue weighted by molar-refractivity contribution is 6.06. The lowest BCUT2D eigenvalue weighted by molar-refractivity contribution is 0.102. The Morgan fingerprint density at radius 3 is 2.46 bits per heavy atom. The molecule has 1 aliphatic rings. The van der Waals surface area contributed by atoms with Gasteiger partial charge in [0, 0.05) is 23.8 Å². The van der Waals surface area contributed by atoms with Crippen LogP contribution in [0, 0.1) is 12.7 Å². The van der Waals surface area contributed by atoms with Crippen LogP contribution in [0.5, 0.6) is 0 Å². The van der Waals surface area contributed by atoms with Gasteiger partial charge in [-0.05, 0) is 79.4 Å². The molecular weight excluding hydrogens is 437 g/mol. The number of aryl methyl sites for hydroxylation is 1. The van der Waals surface area contributed by atoms with Crippen LogP contribution in [-0.2, 0) is 6.54 Å². The average molecular weight is 468 g/mol. The summed E-state index contributed by atoms with van der Waals surface area (Å²) in [5, 5.41) is 3.93. The van der Waals surface area contributed by atoms with Gasteiger partial charge >= 0.3 is 0 Å². The van der Waals surface area contributed by atoms with Crippen LogP contribution in [0.25, 0.3) is 22.0 Å². The SMILES string of the molecule is Cc1c(NC(=O)c2ccc(-c3ccccc3)cc2F)ccc2cc(CN3CCCCCC3)cnc12. The number of amides is 1. The number of nitrogens with zero attached hydrogens (tertiary/aromatic N) is 2. The summed E-state index contributed by atoms with van der Waals surface area (Å²) in [6.07, 6.45) is 7.10. The van der Waals surface area contributed by atoms with Crippen molar-refractivity contribution in [2.45, 2.75) is 39.2 Å². The first-order valence-electron chi connectivity index (χ1n) is 12.4. The molecule has 178 valence electrons. The maximum absolute atomic E-state index is 14.8. The summed E-state index contributed by atoms with van der Waals surface area (Å²) < 4.78 is 14.8. The molecule has 35 heavy (non-hydrogen) atoms. The third kappa shape index (κ3) is 5.25. The van der Waals surface area contributed by atoms with E-state index in [0.29, 0.717) is 5.69 Å². The molecule has 0 spiro atoms. The molecule has 0 bridgehead atoms. The highest BCUT2D eigenvalue weighted by Gasteiger charge is 2.16. The number of likely N-dealkylation sites (tertiary alicyclic amines) is 1. The normalized spacial score (nSPS) is 14.6. The van der Waals surface area contributed by atoms with E-state index in [-0.39, 0.29) is 5.56 Å². The van der Waals surface area contributed by atoms with Crippen LogP contribution < -0.4 is 5.32 Å². The Hall–Kier alpha value is -3.57. The second-order valence-corrected chi connectivity index (χ2v) is 9.36. The summed E-state index contributed by atoms with van der Waals surface area (Å²) in [6, 6.07) is 20.3. The summed E-state index contributed by atoms with van der Waals surface area (Å²) in [6.45, 7) is 5.14. The number of hydrogen-bond donors (Lipinski definition) is 1. The maximum atomic E-state index is 14.8. The van der Waals surface area contributed by atoms with Crippen LogP contribution in [0.1, 0.15) is 47.2 Å². The van der Waals surface area contributed by atoms with E-state index in [1.807, 2.05) is 55.6 Å². The molecule has 1 saturated heterocycles. The lowest BCUT2D eigenvalue weighted by atomic mass is 10.0. The van der Waals surface area contributed by atoms with Crippen molar-refractivity contribution in [3.8, 4) is 11.1 Å². The first-order chi connectivity index (χ1) is 17.1. The molecule has 5 heteroatoms. The van der Waals surface area contributed by atoms with Gasteiger partial charge in [0.05, 0.1) is 11.1 Å². The van der Waals surface area contributed by atoms with Crippen LogP contribution in [0.4, 0.5) is 10.1 Å². The number of nitrogens with one attached hydrogen (secondary N) is 1. The van der Waals surface area contributed by atoms with E-state index in [1.165, 1.54) is 43.4 Å². The second kappa shape index (κ2) is 10.4. The van der Waals surface area contributed by atoms with Crippen molar-refractivity contribution in [2.24, 2.45) is 0 Å². The van der Waals surface area contributed by atoms with Gasteiger partial charge in [-0.2, -0.15) is 0 Å². The van der Waals surface area contributed by atoms with Gasteiger partial charge in [-0.1, -0.05) is 55.3 Å². The number of halogens is 1. The first-order valence-corrected chi connectivity index (χ1v) is 12.4. The Balaban J connectivity index is 1.33. The zero-order valence-electron chi connectivity index (χ0n) is 20.1. The van der Waals surface area contributed by atoms with Gasteiger partial charge < -0.3 is 5.32 Å². The molecule has 2 heterocycles. The van der Waals surface area contributed by atoms with Gasteiger partial charge in [0.1, 0.15) is 5.82 Å². The van der Waals surface area contributed by atoms with E-state index < -0.39 is 11.7 Å². The molecular formula is C30H30FN3O. The topological polar surface area (TPSA) is 45.2 Å². The van der Waals surface area contributed by atoms with Gasteiger partial charge in [-0.15, -0.1) is 0 Å². The minimum atomic E-state index is -0.543. The van der Waals surface area contributed by atoms with Crippen LogP contribution in [0.15, 0.2) is 72.9 Å². The number of rotatable bonds is 5. The molecule has 1 N–H and O–H groups in total. The fourth-order valence-corrected chi connectivity index (χ4v) is 4.87. The minimum absolute atomic E-state index is 0.0185. The van der Waals surface area contributed by atoms with E-state index in [0.717, 1.165) is 47.2 Å². The zero-order valence-corrected chi connectivity index (χ0v) is 20.1. The number of fused-ring (bicyclic) bond motifs is 1. The predicted octanol–water partition coefficient (Wildman–Crippen LogP) is 6.98. The molecule has 1 fully saturated rings. The Morgan fingerprint density at radius 2 is 1.71 bits per heavy atom. The number of hydrogen-bond acceptors (Lipinski definition) is 3. The third-order valence-corrected chi connectivity index (χ3v) is 6.84. The van der Waals surface area contributed by atoms with Crippen molar-refractivity contribution < 1.29 is 9.18 Å². The molecule has 0 aliphatic carbocycles. The number of aromatic nitrogens is 1. The molecule has 4 aromatic rings. The van der Waals surface area contributed by atoms with Crippen LogP contribution >= 0.6 is 0 Å². The van der Waals surface area contributed by atoms with E-state index in [9.17, 15) is 9.18 Å². The van der Waals surface area contributed by atoms with Crippen molar-refractivity contribution in [2.75, 3.05) is 18.4 Å².